The maximum atomic E-state index is 14.8. The van der Waals surface area contributed by atoms with Crippen LogP contribution in [0.5, 0.6) is 0 Å². The first-order valence-electron chi connectivity index (χ1n) is 11.2. The number of aryl methyl sites for hydroxylation is 2. The van der Waals surface area contributed by atoms with Crippen LogP contribution in [-0.4, -0.2) is 33.0 Å². The molecule has 35 heavy (non-hydrogen) atoms. The number of hydrogen-bond donors (Lipinski definition) is 0. The monoisotopic (exact) mass is 490 g/mol. The van der Waals surface area contributed by atoms with Gasteiger partial charge in [-0.05, 0) is 61.5 Å². The van der Waals surface area contributed by atoms with Crippen LogP contribution in [0.25, 0.3) is 37.4 Å². The molecule has 0 radical (unpaired) electrons. The second-order valence-electron chi connectivity index (χ2n) is 8.76. The summed E-state index contributed by atoms with van der Waals surface area (Å²) in [5, 5.41) is 5.52. The van der Waals surface area contributed by atoms with Crippen molar-refractivity contribution in [2.45, 2.75) is 26.2 Å². The highest BCUT2D eigenvalue weighted by Gasteiger charge is 2.22. The van der Waals surface area contributed by atoms with E-state index in [1.807, 2.05) is 32.2 Å². The molecule has 9 heteroatoms. The largest absolute Gasteiger partial charge is 0.381 e. The van der Waals surface area contributed by atoms with Gasteiger partial charge in [-0.3, -0.25) is 9.78 Å². The van der Waals surface area contributed by atoms with Gasteiger partial charge in [0.25, 0.3) is 0 Å². The van der Waals surface area contributed by atoms with Gasteiger partial charge in [0.15, 0.2) is 11.5 Å². The van der Waals surface area contributed by atoms with Crippen LogP contribution in [0.1, 0.15) is 29.3 Å². The predicted molar refractivity (Wildman–Crippen MR) is 131 cm³/mol. The summed E-state index contributed by atoms with van der Waals surface area (Å²) >= 11 is 1.39. The molecule has 5 heterocycles. The first-order valence-corrected chi connectivity index (χ1v) is 12.0. The molecule has 0 N–H and O–H groups in total. The summed E-state index contributed by atoms with van der Waals surface area (Å²) in [4.78, 5) is 23.3. The molecule has 1 aliphatic rings. The molecule has 5 aromatic rings. The van der Waals surface area contributed by atoms with Gasteiger partial charge in [0.1, 0.15) is 17.0 Å². The quantitative estimate of drug-likeness (QED) is 0.336. The molecule has 1 saturated heterocycles. The van der Waals surface area contributed by atoms with Crippen LogP contribution in [0.4, 0.5) is 8.78 Å². The molecule has 176 valence electrons. The summed E-state index contributed by atoms with van der Waals surface area (Å²) < 4.78 is 36.2. The zero-order valence-electron chi connectivity index (χ0n) is 19.0. The van der Waals surface area contributed by atoms with E-state index < -0.39 is 11.6 Å². The maximum absolute atomic E-state index is 14.8. The minimum Gasteiger partial charge on any atom is -0.381 e. The number of fused-ring (bicyclic) bond motifs is 2. The van der Waals surface area contributed by atoms with Crippen LogP contribution in [0.3, 0.4) is 0 Å². The molecule has 4 aromatic heterocycles. The van der Waals surface area contributed by atoms with Crippen LogP contribution >= 0.6 is 11.3 Å². The van der Waals surface area contributed by atoms with E-state index in [1.54, 1.807) is 6.07 Å². The summed E-state index contributed by atoms with van der Waals surface area (Å²) in [7, 11) is 0. The maximum Gasteiger partial charge on any atom is 0.235 e. The molecule has 0 aliphatic carbocycles. The molecule has 0 spiro atoms. The third-order valence-corrected chi connectivity index (χ3v) is 7.54. The highest BCUT2D eigenvalue weighted by molar-refractivity contribution is 7.22. The highest BCUT2D eigenvalue weighted by Crippen LogP contribution is 2.34. The van der Waals surface area contributed by atoms with Gasteiger partial charge in [-0.2, -0.15) is 5.10 Å². The van der Waals surface area contributed by atoms with Crippen LogP contribution in [0.2, 0.25) is 0 Å². The zero-order chi connectivity index (χ0) is 24.3. The first kappa shape index (κ1) is 21.9. The van der Waals surface area contributed by atoms with Crippen LogP contribution < -0.4 is 5.43 Å². The van der Waals surface area contributed by atoms with Gasteiger partial charge in [0, 0.05) is 36.2 Å². The second kappa shape index (κ2) is 8.28. The summed E-state index contributed by atoms with van der Waals surface area (Å²) in [5.41, 5.74) is 2.88. The molecule has 0 unspecified atom stereocenters. The van der Waals surface area contributed by atoms with Crippen molar-refractivity contribution in [1.29, 1.82) is 0 Å². The van der Waals surface area contributed by atoms with Gasteiger partial charge in [0.05, 0.1) is 21.7 Å². The Morgan fingerprint density at radius 1 is 1.14 bits per heavy atom. The van der Waals surface area contributed by atoms with E-state index in [1.165, 1.54) is 22.1 Å². The number of pyridine rings is 2. The van der Waals surface area contributed by atoms with Crippen LogP contribution in [0.15, 0.2) is 47.4 Å². The number of rotatable bonds is 3. The van der Waals surface area contributed by atoms with Crippen molar-refractivity contribution in [3.8, 4) is 16.3 Å². The van der Waals surface area contributed by atoms with Crippen LogP contribution in [0, 0.1) is 25.5 Å². The van der Waals surface area contributed by atoms with Gasteiger partial charge in [0.2, 0.25) is 5.43 Å². The van der Waals surface area contributed by atoms with E-state index in [9.17, 15) is 13.6 Å². The molecular formula is C26H20F2N4O2S. The lowest BCUT2D eigenvalue weighted by atomic mass is 10.0. The lowest BCUT2D eigenvalue weighted by Crippen LogP contribution is -2.18. The molecule has 0 saturated carbocycles. The summed E-state index contributed by atoms with van der Waals surface area (Å²) in [6.07, 6.45) is 2.74. The average Bonchev–Trinajstić information content (AvgIpc) is 3.51. The van der Waals surface area contributed by atoms with Gasteiger partial charge >= 0.3 is 0 Å². The Morgan fingerprint density at radius 2 is 2.00 bits per heavy atom. The smallest absolute Gasteiger partial charge is 0.235 e. The lowest BCUT2D eigenvalue weighted by Gasteiger charge is -2.13. The molecule has 0 bridgehead atoms. The normalized spacial score (nSPS) is 15.9. The molecule has 6 nitrogen and oxygen atoms in total. The average molecular weight is 491 g/mol. The van der Waals surface area contributed by atoms with Gasteiger partial charge in [-0.25, -0.2) is 18.4 Å². The van der Waals surface area contributed by atoms with Crippen molar-refractivity contribution in [3.05, 3.63) is 81.4 Å². The topological polar surface area (TPSA) is 69.9 Å². The summed E-state index contributed by atoms with van der Waals surface area (Å²) in [6.45, 7) is 5.06. The Hall–Kier alpha value is -3.56. The number of hydrogen-bond acceptors (Lipinski definition) is 6. The van der Waals surface area contributed by atoms with Crippen LogP contribution in [-0.2, 0) is 4.74 Å². The predicted octanol–water partition coefficient (Wildman–Crippen LogP) is 5.46. The van der Waals surface area contributed by atoms with E-state index in [2.05, 4.69) is 15.1 Å². The van der Waals surface area contributed by atoms with Crippen molar-refractivity contribution in [1.82, 2.24) is 19.7 Å². The van der Waals surface area contributed by atoms with Gasteiger partial charge in [-0.1, -0.05) is 0 Å². The fraction of sp³-hybridized carbons (Fsp3) is 0.231. The Morgan fingerprint density at radius 3 is 2.77 bits per heavy atom. The molecule has 6 rings (SSSR count). The second-order valence-corrected chi connectivity index (χ2v) is 9.85. The van der Waals surface area contributed by atoms with Gasteiger partial charge < -0.3 is 4.74 Å². The standard InChI is InChI=1S/C26H20F2N4O2S/c1-13-7-21-24(30-14(13)2)26(33)25(31-32(21)20-4-3-17(27)10-18(20)28)22-9-16-8-19(15-5-6-34-12-15)29-11-23(16)35-22/h3-4,7-11,15H,5-6,12H2,1-2H3/t15-/m0/s1. The fourth-order valence-corrected chi connectivity index (χ4v) is 5.39. The number of thiophene rings is 1. The highest BCUT2D eigenvalue weighted by atomic mass is 32.1. The van der Waals surface area contributed by atoms with E-state index >= 15 is 0 Å². The third kappa shape index (κ3) is 3.71. The van der Waals surface area contributed by atoms with Crippen molar-refractivity contribution >= 4 is 32.5 Å². The van der Waals surface area contributed by atoms with Crippen molar-refractivity contribution < 1.29 is 13.5 Å². The summed E-state index contributed by atoms with van der Waals surface area (Å²) in [6, 6.07) is 8.96. The molecule has 1 aliphatic heterocycles. The summed E-state index contributed by atoms with van der Waals surface area (Å²) in [5.74, 6) is -1.21. The Labute approximate surface area is 202 Å². The number of halogens is 2. The number of aromatic nitrogens is 4. The Balaban J connectivity index is 1.59. The minimum absolute atomic E-state index is 0.0361. The molecule has 1 aromatic carbocycles. The van der Waals surface area contributed by atoms with E-state index in [4.69, 9.17) is 4.74 Å². The van der Waals surface area contributed by atoms with Crippen molar-refractivity contribution in [2.75, 3.05) is 13.2 Å². The third-order valence-electron chi connectivity index (χ3n) is 6.45. The number of nitrogens with zero attached hydrogens (tertiary/aromatic N) is 4. The number of benzene rings is 1. The number of ether oxygens (including phenoxy) is 1. The SMILES string of the molecule is Cc1cc2c(nc1C)c(=O)c(-c1cc3cc([C@H]4CCOC4)ncc3s1)nn2-c1ccc(F)cc1F. The van der Waals surface area contributed by atoms with Crippen molar-refractivity contribution in [2.24, 2.45) is 0 Å². The zero-order valence-corrected chi connectivity index (χ0v) is 19.8. The minimum atomic E-state index is -0.782. The molecular weight excluding hydrogens is 470 g/mol. The van der Waals surface area contributed by atoms with E-state index in [0.717, 1.165) is 46.5 Å². The Kier molecular flexibility index (Phi) is 5.19. The molecule has 0 amide bonds. The van der Waals surface area contributed by atoms with E-state index in [-0.39, 0.29) is 28.2 Å². The van der Waals surface area contributed by atoms with Crippen molar-refractivity contribution in [3.63, 3.8) is 0 Å². The van der Waals surface area contributed by atoms with Gasteiger partial charge in [-0.15, -0.1) is 11.3 Å². The molecule has 1 atom stereocenters. The Bertz CT molecular complexity index is 1690. The molecule has 1 fully saturated rings. The first-order chi connectivity index (χ1) is 16.9. The lowest BCUT2D eigenvalue weighted by molar-refractivity contribution is 0.193. The fourth-order valence-electron chi connectivity index (χ4n) is 4.40. The van der Waals surface area contributed by atoms with E-state index in [0.29, 0.717) is 22.7 Å².